The van der Waals surface area contributed by atoms with Crippen molar-refractivity contribution in [2.75, 3.05) is 26.7 Å². The third-order valence-electron chi connectivity index (χ3n) is 9.24. The SMILES string of the molecule is CC#CCN1C(=O)[C@@H]([C@H](O)C2CCCCC2)NC(=O)C12CCN(Cc1ccc(Oc3ccc(C(=O)NC)cc3)cc1)CC2. The highest BCUT2D eigenvalue weighted by atomic mass is 16.5. The van der Waals surface area contributed by atoms with Crippen molar-refractivity contribution in [2.45, 2.75) is 76.1 Å². The number of nitrogens with zero attached hydrogens (tertiary/aromatic N) is 2. The van der Waals surface area contributed by atoms with E-state index in [1.165, 1.54) is 0 Å². The first-order valence-electron chi connectivity index (χ1n) is 15.4. The predicted octanol–water partition coefficient (Wildman–Crippen LogP) is 3.46. The van der Waals surface area contributed by atoms with Crippen molar-refractivity contribution < 1.29 is 24.2 Å². The zero-order valence-electron chi connectivity index (χ0n) is 25.1. The number of amides is 3. The maximum atomic E-state index is 13.8. The van der Waals surface area contributed by atoms with Gasteiger partial charge in [-0.15, -0.1) is 5.92 Å². The van der Waals surface area contributed by atoms with Gasteiger partial charge in [-0.1, -0.05) is 37.3 Å². The van der Waals surface area contributed by atoms with Crippen LogP contribution in [0.25, 0.3) is 0 Å². The van der Waals surface area contributed by atoms with E-state index in [2.05, 4.69) is 27.4 Å². The summed E-state index contributed by atoms with van der Waals surface area (Å²) < 4.78 is 5.94. The molecule has 2 atom stereocenters. The third kappa shape index (κ3) is 6.71. The molecule has 228 valence electrons. The summed E-state index contributed by atoms with van der Waals surface area (Å²) in [5.41, 5.74) is 0.735. The monoisotopic (exact) mass is 586 g/mol. The van der Waals surface area contributed by atoms with Crippen LogP contribution in [-0.2, 0) is 16.1 Å². The second-order valence-electron chi connectivity index (χ2n) is 11.8. The van der Waals surface area contributed by atoms with Gasteiger partial charge in [0.2, 0.25) is 11.8 Å². The molecule has 2 saturated heterocycles. The molecule has 3 N–H and O–H groups in total. The lowest BCUT2D eigenvalue weighted by Crippen LogP contribution is -2.75. The molecule has 9 heteroatoms. The van der Waals surface area contributed by atoms with Crippen LogP contribution in [0.1, 0.15) is 67.8 Å². The summed E-state index contributed by atoms with van der Waals surface area (Å²) in [6.45, 7) is 3.94. The van der Waals surface area contributed by atoms with E-state index in [1.54, 1.807) is 43.1 Å². The van der Waals surface area contributed by atoms with E-state index in [0.717, 1.165) is 37.7 Å². The molecule has 2 aromatic carbocycles. The molecule has 3 aliphatic rings. The Morgan fingerprint density at radius 3 is 2.28 bits per heavy atom. The lowest BCUT2D eigenvalue weighted by Gasteiger charge is -2.52. The number of benzene rings is 2. The maximum Gasteiger partial charge on any atom is 0.251 e. The fourth-order valence-corrected chi connectivity index (χ4v) is 6.66. The Morgan fingerprint density at radius 1 is 1.05 bits per heavy atom. The minimum atomic E-state index is -0.953. The highest BCUT2D eigenvalue weighted by molar-refractivity contribution is 6.00. The Bertz CT molecular complexity index is 1350. The van der Waals surface area contributed by atoms with Crippen molar-refractivity contribution in [2.24, 2.45) is 5.92 Å². The van der Waals surface area contributed by atoms with Crippen LogP contribution < -0.4 is 15.4 Å². The van der Waals surface area contributed by atoms with Crippen molar-refractivity contribution in [3.8, 4) is 23.3 Å². The number of piperidine rings is 1. The van der Waals surface area contributed by atoms with E-state index in [1.807, 2.05) is 24.3 Å². The molecule has 1 saturated carbocycles. The molecule has 9 nitrogen and oxygen atoms in total. The Kier molecular flexibility index (Phi) is 9.69. The number of aliphatic hydroxyl groups excluding tert-OH is 1. The van der Waals surface area contributed by atoms with E-state index in [0.29, 0.717) is 49.5 Å². The average Bonchev–Trinajstić information content (AvgIpc) is 3.04. The van der Waals surface area contributed by atoms with Gasteiger partial charge in [0, 0.05) is 32.2 Å². The normalized spacial score (nSPS) is 21.5. The summed E-state index contributed by atoms with van der Waals surface area (Å²) in [6, 6.07) is 14.0. The highest BCUT2D eigenvalue weighted by Gasteiger charge is 2.55. The summed E-state index contributed by atoms with van der Waals surface area (Å²) in [7, 11) is 1.60. The van der Waals surface area contributed by atoms with Crippen LogP contribution in [0.5, 0.6) is 11.5 Å². The smallest absolute Gasteiger partial charge is 0.251 e. The highest BCUT2D eigenvalue weighted by Crippen LogP contribution is 2.36. The van der Waals surface area contributed by atoms with Crippen molar-refractivity contribution in [3.63, 3.8) is 0 Å². The zero-order valence-corrected chi connectivity index (χ0v) is 25.1. The van der Waals surface area contributed by atoms with Gasteiger partial charge in [-0.05, 0) is 80.5 Å². The standard InChI is InChI=1S/C34H42N4O5/c1-3-4-20-38-32(41)29(30(39)25-8-6-5-7-9-25)36-33(42)34(38)18-21-37(22-19-34)23-24-10-14-27(15-11-24)43-28-16-12-26(13-17-28)31(40)35-2/h10-17,25,29-30,39H,5-9,18-23H2,1-2H3,(H,35,40)(H,36,42)/t29-,30-/m1/s1. The number of nitrogens with one attached hydrogen (secondary N) is 2. The van der Waals surface area contributed by atoms with Crippen LogP contribution in [0.2, 0.25) is 0 Å². The first kappa shape index (κ1) is 30.6. The van der Waals surface area contributed by atoms with Gasteiger partial charge in [0.05, 0.1) is 12.6 Å². The molecule has 0 radical (unpaired) electrons. The van der Waals surface area contributed by atoms with Gasteiger partial charge in [0.15, 0.2) is 0 Å². The molecule has 2 aliphatic heterocycles. The fraction of sp³-hybridized carbons (Fsp3) is 0.500. The van der Waals surface area contributed by atoms with Crippen LogP contribution in [0.15, 0.2) is 48.5 Å². The summed E-state index contributed by atoms with van der Waals surface area (Å²) in [4.78, 5) is 43.2. The first-order valence-corrected chi connectivity index (χ1v) is 15.4. The predicted molar refractivity (Wildman–Crippen MR) is 163 cm³/mol. The number of carbonyl (C=O) groups excluding carboxylic acids is 3. The van der Waals surface area contributed by atoms with Gasteiger partial charge >= 0.3 is 0 Å². The number of carbonyl (C=O) groups is 3. The van der Waals surface area contributed by atoms with E-state index >= 15 is 0 Å². The van der Waals surface area contributed by atoms with Gasteiger partial charge in [-0.3, -0.25) is 19.3 Å². The van der Waals surface area contributed by atoms with E-state index in [4.69, 9.17) is 4.74 Å². The van der Waals surface area contributed by atoms with Crippen molar-refractivity contribution in [1.29, 1.82) is 0 Å². The summed E-state index contributed by atoms with van der Waals surface area (Å²) in [5.74, 6) is 6.74. The minimum absolute atomic E-state index is 0.0318. The maximum absolute atomic E-state index is 13.8. The molecule has 0 bridgehead atoms. The van der Waals surface area contributed by atoms with E-state index in [-0.39, 0.29) is 30.2 Å². The second-order valence-corrected chi connectivity index (χ2v) is 11.8. The number of piperazine rings is 1. The molecule has 3 fully saturated rings. The number of hydrogen-bond donors (Lipinski definition) is 3. The van der Waals surface area contributed by atoms with Gasteiger partial charge in [0.25, 0.3) is 5.91 Å². The lowest BCUT2D eigenvalue weighted by molar-refractivity contribution is -0.164. The van der Waals surface area contributed by atoms with Crippen LogP contribution in [0, 0.1) is 17.8 Å². The van der Waals surface area contributed by atoms with Gasteiger partial charge in [-0.25, -0.2) is 0 Å². The number of likely N-dealkylation sites (tertiary alicyclic amines) is 1. The molecule has 5 rings (SSSR count). The van der Waals surface area contributed by atoms with E-state index in [9.17, 15) is 19.5 Å². The largest absolute Gasteiger partial charge is 0.457 e. The Labute approximate surface area is 254 Å². The molecule has 0 unspecified atom stereocenters. The number of ether oxygens (including phenoxy) is 1. The van der Waals surface area contributed by atoms with Crippen molar-refractivity contribution in [1.82, 2.24) is 20.4 Å². The van der Waals surface area contributed by atoms with Gasteiger partial charge in [-0.2, -0.15) is 0 Å². The molecule has 2 aromatic rings. The molecule has 1 aliphatic carbocycles. The third-order valence-corrected chi connectivity index (χ3v) is 9.24. The minimum Gasteiger partial charge on any atom is -0.457 e. The number of hydrogen-bond acceptors (Lipinski definition) is 6. The number of rotatable bonds is 8. The topological polar surface area (TPSA) is 111 Å². The van der Waals surface area contributed by atoms with Gasteiger partial charge < -0.3 is 25.4 Å². The van der Waals surface area contributed by atoms with Crippen LogP contribution >= 0.6 is 0 Å². The molecule has 0 aromatic heterocycles. The summed E-state index contributed by atoms with van der Waals surface area (Å²) >= 11 is 0. The molecule has 2 heterocycles. The van der Waals surface area contributed by atoms with Gasteiger partial charge in [0.1, 0.15) is 23.1 Å². The molecular formula is C34H42N4O5. The average molecular weight is 587 g/mol. The van der Waals surface area contributed by atoms with Crippen LogP contribution in [0.3, 0.4) is 0 Å². The molecule has 43 heavy (non-hydrogen) atoms. The van der Waals surface area contributed by atoms with Crippen molar-refractivity contribution in [3.05, 3.63) is 59.7 Å². The zero-order chi connectivity index (χ0) is 30.4. The quantitative estimate of drug-likeness (QED) is 0.409. The molecular weight excluding hydrogens is 544 g/mol. The second kappa shape index (κ2) is 13.6. The summed E-state index contributed by atoms with van der Waals surface area (Å²) in [6.07, 6.45) is 5.16. The Balaban J connectivity index is 1.20. The van der Waals surface area contributed by atoms with Crippen molar-refractivity contribution >= 4 is 17.7 Å². The first-order chi connectivity index (χ1) is 20.8. The Hall–Kier alpha value is -3.87. The fourth-order valence-electron chi connectivity index (χ4n) is 6.66. The van der Waals surface area contributed by atoms with E-state index < -0.39 is 17.7 Å². The molecule has 3 amide bonds. The van der Waals surface area contributed by atoms with Crippen LogP contribution in [-0.4, -0.2) is 77.0 Å². The molecule has 1 spiro atoms. The van der Waals surface area contributed by atoms with Crippen LogP contribution in [0.4, 0.5) is 0 Å². The summed E-state index contributed by atoms with van der Waals surface area (Å²) in [5, 5.41) is 16.7. The lowest BCUT2D eigenvalue weighted by atomic mass is 9.78. The Morgan fingerprint density at radius 2 is 1.67 bits per heavy atom. The number of aliphatic hydroxyl groups is 1.